The average molecular weight is 339 g/mol. The van der Waals surface area contributed by atoms with E-state index in [0.717, 1.165) is 56.7 Å². The average Bonchev–Trinajstić information content (AvgIpc) is 3.30. The molecule has 6 heteroatoms. The standard InChI is InChI=1S/C19H25N5O/c1-22-13-16(12-21-22)17-7-5-11-24(17)19(25)15-6-4-10-23(14-15)18-8-2-3-9-20-18/h2-3,8-9,12-13,15,17H,4-7,10-11,14H2,1H3. The Kier molecular flexibility index (Phi) is 4.42. The van der Waals surface area contributed by atoms with Crippen molar-refractivity contribution in [2.24, 2.45) is 13.0 Å². The van der Waals surface area contributed by atoms with Crippen molar-refractivity contribution in [2.75, 3.05) is 24.5 Å². The van der Waals surface area contributed by atoms with Crippen molar-refractivity contribution < 1.29 is 4.79 Å². The number of carbonyl (C=O) groups excluding carboxylic acids is 1. The summed E-state index contributed by atoms with van der Waals surface area (Å²) in [6, 6.07) is 6.15. The lowest BCUT2D eigenvalue weighted by Gasteiger charge is -2.36. The van der Waals surface area contributed by atoms with E-state index in [0.29, 0.717) is 5.91 Å². The zero-order valence-electron chi connectivity index (χ0n) is 14.7. The van der Waals surface area contributed by atoms with Gasteiger partial charge in [0.25, 0.3) is 0 Å². The largest absolute Gasteiger partial charge is 0.356 e. The van der Waals surface area contributed by atoms with E-state index in [1.165, 1.54) is 0 Å². The Morgan fingerprint density at radius 1 is 1.20 bits per heavy atom. The Morgan fingerprint density at radius 3 is 2.84 bits per heavy atom. The van der Waals surface area contributed by atoms with Crippen LogP contribution >= 0.6 is 0 Å². The minimum atomic E-state index is 0.0630. The fourth-order valence-electron chi connectivity index (χ4n) is 4.15. The monoisotopic (exact) mass is 339 g/mol. The molecule has 2 saturated heterocycles. The first-order valence-electron chi connectivity index (χ1n) is 9.17. The van der Waals surface area contributed by atoms with Gasteiger partial charge in [-0.15, -0.1) is 0 Å². The van der Waals surface area contributed by atoms with Crippen LogP contribution in [0.4, 0.5) is 5.82 Å². The van der Waals surface area contributed by atoms with E-state index in [1.54, 1.807) is 0 Å². The normalized spacial score (nSPS) is 23.9. The molecule has 0 spiro atoms. The summed E-state index contributed by atoms with van der Waals surface area (Å²) in [5.41, 5.74) is 1.16. The highest BCUT2D eigenvalue weighted by Crippen LogP contribution is 2.34. The molecule has 4 rings (SSSR count). The SMILES string of the molecule is Cn1cc(C2CCCN2C(=O)C2CCCN(c3ccccn3)C2)cn1. The number of anilines is 1. The van der Waals surface area contributed by atoms with E-state index >= 15 is 0 Å². The first-order chi connectivity index (χ1) is 12.2. The van der Waals surface area contributed by atoms with Crippen molar-refractivity contribution in [1.29, 1.82) is 0 Å². The van der Waals surface area contributed by atoms with Crippen molar-refractivity contribution >= 4 is 11.7 Å². The van der Waals surface area contributed by atoms with Crippen LogP contribution in [-0.4, -0.2) is 45.2 Å². The first kappa shape index (κ1) is 16.1. The predicted octanol–water partition coefficient (Wildman–Crippen LogP) is 2.40. The molecule has 2 fully saturated rings. The molecule has 2 atom stereocenters. The number of hydrogen-bond acceptors (Lipinski definition) is 4. The van der Waals surface area contributed by atoms with Crippen molar-refractivity contribution in [1.82, 2.24) is 19.7 Å². The smallest absolute Gasteiger partial charge is 0.227 e. The molecule has 4 heterocycles. The molecule has 25 heavy (non-hydrogen) atoms. The van der Waals surface area contributed by atoms with Crippen LogP contribution in [0.2, 0.25) is 0 Å². The number of amides is 1. The fourth-order valence-corrected chi connectivity index (χ4v) is 4.15. The van der Waals surface area contributed by atoms with Crippen LogP contribution < -0.4 is 4.90 Å². The second-order valence-corrected chi connectivity index (χ2v) is 7.11. The van der Waals surface area contributed by atoms with Gasteiger partial charge in [0.15, 0.2) is 0 Å². The van der Waals surface area contributed by atoms with Gasteiger partial charge in [0.1, 0.15) is 5.82 Å². The quantitative estimate of drug-likeness (QED) is 0.862. The van der Waals surface area contributed by atoms with Gasteiger partial charge in [0.2, 0.25) is 5.91 Å². The maximum Gasteiger partial charge on any atom is 0.227 e. The van der Waals surface area contributed by atoms with Crippen LogP contribution in [0.3, 0.4) is 0 Å². The van der Waals surface area contributed by atoms with Gasteiger partial charge in [-0.2, -0.15) is 5.10 Å². The second-order valence-electron chi connectivity index (χ2n) is 7.11. The Morgan fingerprint density at radius 2 is 2.08 bits per heavy atom. The Balaban J connectivity index is 1.48. The molecule has 6 nitrogen and oxygen atoms in total. The Hall–Kier alpha value is -2.37. The van der Waals surface area contributed by atoms with E-state index in [2.05, 4.69) is 19.9 Å². The molecule has 0 bridgehead atoms. The summed E-state index contributed by atoms with van der Waals surface area (Å²) in [4.78, 5) is 22.0. The number of hydrogen-bond donors (Lipinski definition) is 0. The number of carbonyl (C=O) groups is 1. The molecule has 2 unspecified atom stereocenters. The van der Waals surface area contributed by atoms with Crippen LogP contribution in [0.1, 0.15) is 37.3 Å². The van der Waals surface area contributed by atoms with Gasteiger partial charge in [-0.05, 0) is 37.8 Å². The van der Waals surface area contributed by atoms with Gasteiger partial charge in [-0.3, -0.25) is 9.48 Å². The highest BCUT2D eigenvalue weighted by Gasteiger charge is 2.36. The summed E-state index contributed by atoms with van der Waals surface area (Å²) >= 11 is 0. The summed E-state index contributed by atoms with van der Waals surface area (Å²) in [6.45, 7) is 2.61. The van der Waals surface area contributed by atoms with Crippen LogP contribution in [0.15, 0.2) is 36.8 Å². The molecule has 0 aromatic carbocycles. The molecule has 2 aliphatic rings. The maximum atomic E-state index is 13.2. The van der Waals surface area contributed by atoms with Crippen LogP contribution in [0, 0.1) is 5.92 Å². The minimum Gasteiger partial charge on any atom is -0.356 e. The molecule has 0 N–H and O–H groups in total. The molecule has 1 amide bonds. The van der Waals surface area contributed by atoms with Gasteiger partial charge in [-0.25, -0.2) is 4.98 Å². The number of likely N-dealkylation sites (tertiary alicyclic amines) is 1. The van der Waals surface area contributed by atoms with Gasteiger partial charge < -0.3 is 9.80 Å². The lowest BCUT2D eigenvalue weighted by molar-refractivity contribution is -0.136. The minimum absolute atomic E-state index is 0.0630. The zero-order valence-corrected chi connectivity index (χ0v) is 14.7. The van der Waals surface area contributed by atoms with E-state index in [-0.39, 0.29) is 12.0 Å². The topological polar surface area (TPSA) is 54.3 Å². The third kappa shape index (κ3) is 3.25. The Labute approximate surface area is 148 Å². The van der Waals surface area contributed by atoms with Crippen LogP contribution in [0.25, 0.3) is 0 Å². The highest BCUT2D eigenvalue weighted by atomic mass is 16.2. The predicted molar refractivity (Wildman–Crippen MR) is 96.1 cm³/mol. The number of rotatable bonds is 3. The summed E-state index contributed by atoms with van der Waals surface area (Å²) in [6.07, 6.45) is 9.88. The summed E-state index contributed by atoms with van der Waals surface area (Å²) < 4.78 is 1.82. The van der Waals surface area contributed by atoms with Crippen molar-refractivity contribution in [2.45, 2.75) is 31.7 Å². The number of pyridine rings is 1. The number of nitrogens with zero attached hydrogens (tertiary/aromatic N) is 5. The van der Waals surface area contributed by atoms with Gasteiger partial charge in [0, 0.05) is 44.6 Å². The molecule has 2 aliphatic heterocycles. The van der Waals surface area contributed by atoms with E-state index < -0.39 is 0 Å². The van der Waals surface area contributed by atoms with E-state index in [1.807, 2.05) is 48.5 Å². The summed E-state index contributed by atoms with van der Waals surface area (Å²) in [7, 11) is 1.93. The van der Waals surface area contributed by atoms with Gasteiger partial charge in [0.05, 0.1) is 18.2 Å². The second kappa shape index (κ2) is 6.86. The lowest BCUT2D eigenvalue weighted by Crippen LogP contribution is -2.45. The van der Waals surface area contributed by atoms with E-state index in [9.17, 15) is 4.79 Å². The lowest BCUT2D eigenvalue weighted by atomic mass is 9.95. The number of aryl methyl sites for hydroxylation is 1. The highest BCUT2D eigenvalue weighted by molar-refractivity contribution is 5.80. The van der Waals surface area contributed by atoms with Crippen LogP contribution in [-0.2, 0) is 11.8 Å². The molecule has 0 radical (unpaired) electrons. The van der Waals surface area contributed by atoms with Crippen molar-refractivity contribution in [3.63, 3.8) is 0 Å². The first-order valence-corrected chi connectivity index (χ1v) is 9.17. The molecular formula is C19H25N5O. The van der Waals surface area contributed by atoms with Crippen molar-refractivity contribution in [3.05, 3.63) is 42.4 Å². The summed E-state index contributed by atoms with van der Waals surface area (Å²) in [5, 5.41) is 4.28. The zero-order chi connectivity index (χ0) is 17.2. The fraction of sp³-hybridized carbons (Fsp3) is 0.526. The molecule has 0 aliphatic carbocycles. The molecular weight excluding hydrogens is 314 g/mol. The van der Waals surface area contributed by atoms with E-state index in [4.69, 9.17) is 0 Å². The van der Waals surface area contributed by atoms with Crippen molar-refractivity contribution in [3.8, 4) is 0 Å². The third-order valence-corrected chi connectivity index (χ3v) is 5.39. The number of piperidine rings is 1. The Bertz CT molecular complexity index is 728. The number of aromatic nitrogens is 3. The van der Waals surface area contributed by atoms with Gasteiger partial charge in [-0.1, -0.05) is 6.07 Å². The maximum absolute atomic E-state index is 13.2. The molecule has 2 aromatic heterocycles. The molecule has 132 valence electrons. The molecule has 2 aromatic rings. The summed E-state index contributed by atoms with van der Waals surface area (Å²) in [5.74, 6) is 1.34. The van der Waals surface area contributed by atoms with Gasteiger partial charge >= 0.3 is 0 Å². The molecule has 0 saturated carbocycles. The third-order valence-electron chi connectivity index (χ3n) is 5.39. The van der Waals surface area contributed by atoms with Crippen LogP contribution in [0.5, 0.6) is 0 Å².